The molecule has 0 amide bonds. The van der Waals surface area contributed by atoms with Crippen LogP contribution in [-0.2, 0) is 0 Å². The molecular formula is C9H9F3N2O3. The van der Waals surface area contributed by atoms with Crippen molar-refractivity contribution < 1.29 is 22.8 Å². The van der Waals surface area contributed by atoms with Crippen molar-refractivity contribution in [1.29, 1.82) is 0 Å². The molecule has 0 fully saturated rings. The SMILES string of the molecule is Nc1cccc(OCCC(F)(F)F)c1[N+](=O)[O-]. The molecule has 0 unspecified atom stereocenters. The molecule has 0 aliphatic carbocycles. The lowest BCUT2D eigenvalue weighted by Gasteiger charge is -2.09. The number of alkyl halides is 3. The minimum absolute atomic E-state index is 0.153. The van der Waals surface area contributed by atoms with Crippen LogP contribution in [0, 0.1) is 10.1 Å². The fourth-order valence-electron chi connectivity index (χ4n) is 1.13. The summed E-state index contributed by atoms with van der Waals surface area (Å²) >= 11 is 0. The normalized spacial score (nSPS) is 11.2. The van der Waals surface area contributed by atoms with Gasteiger partial charge in [0.25, 0.3) is 0 Å². The first-order chi connectivity index (χ1) is 7.81. The summed E-state index contributed by atoms with van der Waals surface area (Å²) in [6, 6.07) is 3.84. The van der Waals surface area contributed by atoms with Gasteiger partial charge in [0.05, 0.1) is 18.0 Å². The highest BCUT2D eigenvalue weighted by Crippen LogP contribution is 2.33. The van der Waals surface area contributed by atoms with Crippen LogP contribution in [0.5, 0.6) is 5.75 Å². The summed E-state index contributed by atoms with van der Waals surface area (Å²) in [5.74, 6) is -0.265. The van der Waals surface area contributed by atoms with Crippen LogP contribution in [-0.4, -0.2) is 17.7 Å². The summed E-state index contributed by atoms with van der Waals surface area (Å²) in [6.45, 7) is -0.687. The molecule has 1 aromatic rings. The maximum absolute atomic E-state index is 11.9. The Hall–Kier alpha value is -1.99. The highest BCUT2D eigenvalue weighted by molar-refractivity contribution is 5.65. The van der Waals surface area contributed by atoms with Gasteiger partial charge < -0.3 is 10.5 Å². The number of halogens is 3. The smallest absolute Gasteiger partial charge is 0.392 e. The van der Waals surface area contributed by atoms with E-state index in [4.69, 9.17) is 10.5 Å². The molecule has 1 aromatic carbocycles. The molecule has 0 bridgehead atoms. The number of benzene rings is 1. The number of nitro groups is 1. The molecule has 0 spiro atoms. The van der Waals surface area contributed by atoms with Crippen LogP contribution < -0.4 is 10.5 Å². The second kappa shape index (κ2) is 4.89. The number of nitro benzene ring substituents is 1. The maximum atomic E-state index is 11.9. The first kappa shape index (κ1) is 13.1. The standard InChI is InChI=1S/C9H9F3N2O3/c10-9(11,12)4-5-17-7-3-1-2-6(13)8(7)14(15)16/h1-3H,4-5,13H2. The Morgan fingerprint density at radius 3 is 2.59 bits per heavy atom. The monoisotopic (exact) mass is 250 g/mol. The van der Waals surface area contributed by atoms with E-state index in [0.29, 0.717) is 0 Å². The molecule has 2 N–H and O–H groups in total. The van der Waals surface area contributed by atoms with Crippen LogP contribution in [0.4, 0.5) is 24.5 Å². The van der Waals surface area contributed by atoms with E-state index in [1.54, 1.807) is 0 Å². The van der Waals surface area contributed by atoms with Crippen LogP contribution >= 0.6 is 0 Å². The van der Waals surface area contributed by atoms with Gasteiger partial charge in [-0.05, 0) is 12.1 Å². The average Bonchev–Trinajstić information content (AvgIpc) is 2.14. The van der Waals surface area contributed by atoms with E-state index >= 15 is 0 Å². The van der Waals surface area contributed by atoms with Gasteiger partial charge in [0.1, 0.15) is 5.69 Å². The molecule has 1 rings (SSSR count). The number of ether oxygens (including phenoxy) is 1. The molecule has 0 atom stereocenters. The van der Waals surface area contributed by atoms with Crippen molar-refractivity contribution in [2.45, 2.75) is 12.6 Å². The van der Waals surface area contributed by atoms with Crippen molar-refractivity contribution in [3.63, 3.8) is 0 Å². The van der Waals surface area contributed by atoms with Crippen molar-refractivity contribution in [3.8, 4) is 5.75 Å². The quantitative estimate of drug-likeness (QED) is 0.506. The molecule has 0 saturated heterocycles. The summed E-state index contributed by atoms with van der Waals surface area (Å²) in [6.07, 6.45) is -5.55. The largest absolute Gasteiger partial charge is 0.486 e. The number of nitrogens with zero attached hydrogens (tertiary/aromatic N) is 1. The van der Waals surface area contributed by atoms with Gasteiger partial charge in [-0.2, -0.15) is 13.2 Å². The summed E-state index contributed by atoms with van der Waals surface area (Å²) in [5, 5.41) is 10.6. The number of para-hydroxylation sites is 1. The zero-order valence-corrected chi connectivity index (χ0v) is 8.53. The van der Waals surface area contributed by atoms with E-state index in [1.807, 2.05) is 0 Å². The molecule has 0 aromatic heterocycles. The fraction of sp³-hybridized carbons (Fsp3) is 0.333. The fourth-order valence-corrected chi connectivity index (χ4v) is 1.13. The first-order valence-electron chi connectivity index (χ1n) is 4.53. The lowest BCUT2D eigenvalue weighted by atomic mass is 10.2. The van der Waals surface area contributed by atoms with Crippen LogP contribution in [0.25, 0.3) is 0 Å². The number of nitrogen functional groups attached to an aromatic ring is 1. The topological polar surface area (TPSA) is 78.4 Å². The van der Waals surface area contributed by atoms with E-state index in [1.165, 1.54) is 18.2 Å². The Balaban J connectivity index is 2.78. The average molecular weight is 250 g/mol. The van der Waals surface area contributed by atoms with E-state index in [-0.39, 0.29) is 11.4 Å². The third-order valence-corrected chi connectivity index (χ3v) is 1.86. The number of hydrogen-bond acceptors (Lipinski definition) is 4. The molecule has 5 nitrogen and oxygen atoms in total. The highest BCUT2D eigenvalue weighted by Gasteiger charge is 2.28. The number of nitrogens with two attached hydrogens (primary N) is 1. The third-order valence-electron chi connectivity index (χ3n) is 1.86. The van der Waals surface area contributed by atoms with E-state index in [2.05, 4.69) is 0 Å². The predicted octanol–water partition coefficient (Wildman–Crippen LogP) is 2.51. The Labute approximate surface area is 94.1 Å². The zero-order chi connectivity index (χ0) is 13.1. The van der Waals surface area contributed by atoms with Crippen LogP contribution in [0.15, 0.2) is 18.2 Å². The van der Waals surface area contributed by atoms with Crippen LogP contribution in [0.1, 0.15) is 6.42 Å². The number of hydrogen-bond donors (Lipinski definition) is 1. The number of rotatable bonds is 4. The predicted molar refractivity (Wildman–Crippen MR) is 53.7 cm³/mol. The lowest BCUT2D eigenvalue weighted by molar-refractivity contribution is -0.385. The Bertz CT molecular complexity index is 420. The molecule has 94 valence electrons. The van der Waals surface area contributed by atoms with Gasteiger partial charge in [-0.15, -0.1) is 0 Å². The zero-order valence-electron chi connectivity index (χ0n) is 8.53. The summed E-state index contributed by atoms with van der Waals surface area (Å²) in [4.78, 5) is 9.83. The summed E-state index contributed by atoms with van der Waals surface area (Å²) in [5.41, 5.74) is 4.66. The minimum atomic E-state index is -4.37. The van der Waals surface area contributed by atoms with Gasteiger partial charge in [-0.25, -0.2) is 0 Å². The molecule has 0 saturated carbocycles. The van der Waals surface area contributed by atoms with Crippen molar-refractivity contribution in [3.05, 3.63) is 28.3 Å². The summed E-state index contributed by atoms with van der Waals surface area (Å²) in [7, 11) is 0. The van der Waals surface area contributed by atoms with Gasteiger partial charge in [0, 0.05) is 0 Å². The Kier molecular flexibility index (Phi) is 3.77. The molecule has 0 heterocycles. The van der Waals surface area contributed by atoms with E-state index in [9.17, 15) is 23.3 Å². The van der Waals surface area contributed by atoms with Gasteiger partial charge in [-0.1, -0.05) is 6.07 Å². The second-order valence-electron chi connectivity index (χ2n) is 3.16. The van der Waals surface area contributed by atoms with Gasteiger partial charge in [0.2, 0.25) is 0 Å². The minimum Gasteiger partial charge on any atom is -0.486 e. The van der Waals surface area contributed by atoms with Crippen molar-refractivity contribution in [2.75, 3.05) is 12.3 Å². The molecule has 17 heavy (non-hydrogen) atoms. The third kappa shape index (κ3) is 3.82. The molecular weight excluding hydrogens is 241 g/mol. The van der Waals surface area contributed by atoms with E-state index in [0.717, 1.165) is 0 Å². The highest BCUT2D eigenvalue weighted by atomic mass is 19.4. The number of anilines is 1. The molecule has 0 radical (unpaired) electrons. The van der Waals surface area contributed by atoms with Gasteiger partial charge in [-0.3, -0.25) is 10.1 Å². The molecule has 0 aliphatic heterocycles. The molecule has 0 aliphatic rings. The first-order valence-corrected chi connectivity index (χ1v) is 4.53. The lowest BCUT2D eigenvalue weighted by Crippen LogP contribution is -2.13. The summed E-state index contributed by atoms with van der Waals surface area (Å²) < 4.78 is 40.3. The van der Waals surface area contributed by atoms with Crippen molar-refractivity contribution >= 4 is 11.4 Å². The Morgan fingerprint density at radius 2 is 2.06 bits per heavy atom. The van der Waals surface area contributed by atoms with Crippen molar-refractivity contribution in [1.82, 2.24) is 0 Å². The van der Waals surface area contributed by atoms with Crippen LogP contribution in [0.3, 0.4) is 0 Å². The second-order valence-corrected chi connectivity index (χ2v) is 3.16. The molecule has 8 heteroatoms. The Morgan fingerprint density at radius 1 is 1.41 bits per heavy atom. The van der Waals surface area contributed by atoms with E-state index < -0.39 is 29.8 Å². The van der Waals surface area contributed by atoms with Gasteiger partial charge in [0.15, 0.2) is 5.75 Å². The van der Waals surface area contributed by atoms with Crippen LogP contribution in [0.2, 0.25) is 0 Å². The van der Waals surface area contributed by atoms with Crippen molar-refractivity contribution in [2.24, 2.45) is 0 Å². The van der Waals surface area contributed by atoms with Gasteiger partial charge >= 0.3 is 11.9 Å². The maximum Gasteiger partial charge on any atom is 0.392 e.